The number of carbonyl (C=O) groups is 1. The Labute approximate surface area is 155 Å². The van der Waals surface area contributed by atoms with Crippen molar-refractivity contribution in [3.63, 3.8) is 0 Å². The average molecular weight is 365 g/mol. The van der Waals surface area contributed by atoms with Crippen LogP contribution in [0.3, 0.4) is 0 Å². The summed E-state index contributed by atoms with van der Waals surface area (Å²) in [5, 5.41) is 12.6. The number of furan rings is 1. The molecule has 0 saturated carbocycles. The zero-order valence-corrected chi connectivity index (χ0v) is 14.8. The number of rotatable bonds is 3. The lowest BCUT2D eigenvalue weighted by Gasteiger charge is -2.34. The topological polar surface area (TPSA) is 88.5 Å². The second kappa shape index (κ2) is 6.53. The molecule has 0 aromatic carbocycles. The fraction of sp³-hybridized carbons (Fsp3) is 0.368. The van der Waals surface area contributed by atoms with Crippen LogP contribution in [-0.4, -0.2) is 52.3 Å². The van der Waals surface area contributed by atoms with Gasteiger partial charge in [-0.2, -0.15) is 5.10 Å². The van der Waals surface area contributed by atoms with Crippen LogP contribution >= 0.6 is 0 Å². The van der Waals surface area contributed by atoms with Crippen molar-refractivity contribution in [2.45, 2.75) is 19.3 Å². The standard InChI is InChI=1S/C19H19N5O3/c25-19(15-12-17(27-22-15)16-5-2-10-26-16)24-8-6-23(7-9-24)18-11-13-3-1-4-14(13)20-21-18/h2,5,10-12H,1,3-4,6-9H2. The third kappa shape index (κ3) is 2.97. The van der Waals surface area contributed by atoms with Crippen molar-refractivity contribution in [3.05, 3.63) is 47.5 Å². The number of amides is 1. The molecule has 1 fully saturated rings. The summed E-state index contributed by atoms with van der Waals surface area (Å²) in [4.78, 5) is 16.7. The van der Waals surface area contributed by atoms with Crippen LogP contribution < -0.4 is 4.90 Å². The first-order valence-corrected chi connectivity index (χ1v) is 9.18. The monoisotopic (exact) mass is 365 g/mol. The Morgan fingerprint density at radius 2 is 1.93 bits per heavy atom. The lowest BCUT2D eigenvalue weighted by atomic mass is 10.2. The number of aryl methyl sites for hydroxylation is 2. The highest BCUT2D eigenvalue weighted by molar-refractivity contribution is 5.93. The van der Waals surface area contributed by atoms with Crippen molar-refractivity contribution < 1.29 is 13.7 Å². The average Bonchev–Trinajstić information content (AvgIpc) is 3.48. The summed E-state index contributed by atoms with van der Waals surface area (Å²) in [5.74, 6) is 1.79. The van der Waals surface area contributed by atoms with Gasteiger partial charge in [0.2, 0.25) is 5.76 Å². The lowest BCUT2D eigenvalue weighted by molar-refractivity contribution is 0.0736. The number of hydrogen-bond acceptors (Lipinski definition) is 7. The molecule has 5 rings (SSSR count). The first kappa shape index (κ1) is 16.0. The van der Waals surface area contributed by atoms with Crippen LogP contribution in [0.4, 0.5) is 5.82 Å². The van der Waals surface area contributed by atoms with Gasteiger partial charge in [0.15, 0.2) is 17.3 Å². The van der Waals surface area contributed by atoms with Crippen LogP contribution in [0.2, 0.25) is 0 Å². The Kier molecular flexibility index (Phi) is 3.88. The number of fused-ring (bicyclic) bond motifs is 1. The van der Waals surface area contributed by atoms with E-state index in [1.807, 2.05) is 0 Å². The highest BCUT2D eigenvalue weighted by Gasteiger charge is 2.26. The summed E-state index contributed by atoms with van der Waals surface area (Å²) in [6.07, 6.45) is 4.83. The van der Waals surface area contributed by atoms with Gasteiger partial charge in [-0.05, 0) is 43.0 Å². The molecule has 0 bridgehead atoms. The number of nitrogens with zero attached hydrogens (tertiary/aromatic N) is 5. The molecule has 3 aromatic heterocycles. The third-order valence-electron chi connectivity index (χ3n) is 5.19. The molecule has 8 nitrogen and oxygen atoms in total. The minimum Gasteiger partial charge on any atom is -0.461 e. The van der Waals surface area contributed by atoms with Crippen molar-refractivity contribution in [1.82, 2.24) is 20.3 Å². The van der Waals surface area contributed by atoms with Gasteiger partial charge in [-0.15, -0.1) is 5.10 Å². The van der Waals surface area contributed by atoms with Crippen LogP contribution in [-0.2, 0) is 12.8 Å². The molecule has 0 radical (unpaired) electrons. The van der Waals surface area contributed by atoms with Gasteiger partial charge in [-0.3, -0.25) is 4.79 Å². The Morgan fingerprint density at radius 3 is 2.74 bits per heavy atom. The maximum Gasteiger partial charge on any atom is 0.276 e. The van der Waals surface area contributed by atoms with Crippen molar-refractivity contribution >= 4 is 11.7 Å². The molecule has 2 aliphatic rings. The minimum atomic E-state index is -0.128. The van der Waals surface area contributed by atoms with Gasteiger partial charge in [-0.1, -0.05) is 5.16 Å². The zero-order valence-electron chi connectivity index (χ0n) is 14.8. The Morgan fingerprint density at radius 1 is 1.04 bits per heavy atom. The molecule has 1 aliphatic carbocycles. The second-order valence-corrected chi connectivity index (χ2v) is 6.86. The molecule has 0 N–H and O–H groups in total. The number of piperazine rings is 1. The van der Waals surface area contributed by atoms with Gasteiger partial charge in [0, 0.05) is 32.2 Å². The molecule has 3 aromatic rings. The molecular weight excluding hydrogens is 346 g/mol. The third-order valence-corrected chi connectivity index (χ3v) is 5.19. The molecule has 0 unspecified atom stereocenters. The van der Waals surface area contributed by atoms with E-state index in [-0.39, 0.29) is 5.91 Å². The highest BCUT2D eigenvalue weighted by atomic mass is 16.5. The first-order valence-electron chi connectivity index (χ1n) is 9.18. The van der Waals surface area contributed by atoms with Crippen molar-refractivity contribution in [3.8, 4) is 11.5 Å². The van der Waals surface area contributed by atoms with E-state index in [0.29, 0.717) is 30.3 Å². The fourth-order valence-corrected chi connectivity index (χ4v) is 3.68. The number of aromatic nitrogens is 3. The van der Waals surface area contributed by atoms with Crippen LogP contribution in [0.1, 0.15) is 28.2 Å². The minimum absolute atomic E-state index is 0.128. The van der Waals surface area contributed by atoms with Crippen LogP contribution in [0.15, 0.2) is 39.5 Å². The van der Waals surface area contributed by atoms with E-state index in [1.165, 1.54) is 5.56 Å². The van der Waals surface area contributed by atoms with E-state index in [0.717, 1.165) is 43.9 Å². The quantitative estimate of drug-likeness (QED) is 0.703. The maximum absolute atomic E-state index is 12.7. The number of hydrogen-bond donors (Lipinski definition) is 0. The SMILES string of the molecule is O=C(c1cc(-c2ccco2)on1)N1CCN(c2cc3c(nn2)CCC3)CC1. The Bertz CT molecular complexity index is 958. The van der Waals surface area contributed by atoms with E-state index in [1.54, 1.807) is 29.4 Å². The molecule has 4 heterocycles. The zero-order chi connectivity index (χ0) is 18.2. The largest absolute Gasteiger partial charge is 0.461 e. The van der Waals surface area contributed by atoms with E-state index in [4.69, 9.17) is 8.94 Å². The van der Waals surface area contributed by atoms with E-state index in [2.05, 4.69) is 26.3 Å². The van der Waals surface area contributed by atoms with E-state index < -0.39 is 0 Å². The van der Waals surface area contributed by atoms with E-state index in [9.17, 15) is 4.79 Å². The normalized spacial score (nSPS) is 16.6. The predicted molar refractivity (Wildman–Crippen MR) is 96.4 cm³/mol. The van der Waals surface area contributed by atoms with E-state index >= 15 is 0 Å². The smallest absolute Gasteiger partial charge is 0.276 e. The van der Waals surface area contributed by atoms with Crippen LogP contribution in [0.25, 0.3) is 11.5 Å². The molecule has 8 heteroatoms. The van der Waals surface area contributed by atoms with Crippen LogP contribution in [0, 0.1) is 0 Å². The van der Waals surface area contributed by atoms with Crippen molar-refractivity contribution in [1.29, 1.82) is 0 Å². The molecule has 27 heavy (non-hydrogen) atoms. The molecule has 138 valence electrons. The number of carbonyl (C=O) groups excluding carboxylic acids is 1. The summed E-state index contributed by atoms with van der Waals surface area (Å²) >= 11 is 0. The van der Waals surface area contributed by atoms with Gasteiger partial charge in [0.25, 0.3) is 5.91 Å². The molecule has 1 aliphatic heterocycles. The summed E-state index contributed by atoms with van der Waals surface area (Å²) in [6, 6.07) is 7.31. The Hall–Kier alpha value is -3.16. The van der Waals surface area contributed by atoms with Crippen molar-refractivity contribution in [2.24, 2.45) is 0 Å². The lowest BCUT2D eigenvalue weighted by Crippen LogP contribution is -2.49. The molecule has 1 amide bonds. The highest BCUT2D eigenvalue weighted by Crippen LogP contribution is 2.24. The van der Waals surface area contributed by atoms with Gasteiger partial charge >= 0.3 is 0 Å². The van der Waals surface area contributed by atoms with Gasteiger partial charge in [0.1, 0.15) is 0 Å². The molecular formula is C19H19N5O3. The molecule has 0 spiro atoms. The molecule has 1 saturated heterocycles. The molecule has 0 atom stereocenters. The van der Waals surface area contributed by atoms with Gasteiger partial charge in [-0.25, -0.2) is 0 Å². The predicted octanol–water partition coefficient (Wildman–Crippen LogP) is 2.18. The van der Waals surface area contributed by atoms with Gasteiger partial charge in [0.05, 0.1) is 12.0 Å². The Balaban J connectivity index is 1.24. The maximum atomic E-state index is 12.7. The summed E-state index contributed by atoms with van der Waals surface area (Å²) in [7, 11) is 0. The first-order chi connectivity index (χ1) is 13.3. The van der Waals surface area contributed by atoms with Crippen LogP contribution in [0.5, 0.6) is 0 Å². The van der Waals surface area contributed by atoms with Gasteiger partial charge < -0.3 is 18.7 Å². The second-order valence-electron chi connectivity index (χ2n) is 6.86. The summed E-state index contributed by atoms with van der Waals surface area (Å²) < 4.78 is 10.5. The van der Waals surface area contributed by atoms with Crippen molar-refractivity contribution in [2.75, 3.05) is 31.1 Å². The summed E-state index contributed by atoms with van der Waals surface area (Å²) in [5.41, 5.74) is 2.74. The fourth-order valence-electron chi connectivity index (χ4n) is 3.68. The summed E-state index contributed by atoms with van der Waals surface area (Å²) in [6.45, 7) is 2.67. The number of anilines is 1.